The van der Waals surface area contributed by atoms with Crippen molar-refractivity contribution in [3.05, 3.63) is 75.8 Å². The van der Waals surface area contributed by atoms with Gasteiger partial charge in [-0.2, -0.15) is 0 Å². The topological polar surface area (TPSA) is 74.8 Å². The van der Waals surface area contributed by atoms with Crippen LogP contribution < -0.4 is 10.9 Å². The van der Waals surface area contributed by atoms with Gasteiger partial charge in [-0.05, 0) is 41.0 Å². The molecule has 0 aliphatic rings. The van der Waals surface area contributed by atoms with E-state index >= 15 is 0 Å². The fourth-order valence-electron chi connectivity index (χ4n) is 3.74. The molecule has 2 aromatic carbocycles. The molecule has 0 aliphatic heterocycles. The third kappa shape index (κ3) is 5.81. The number of carbonyl (C=O) groups is 1. The molecule has 1 amide bonds. The lowest BCUT2D eigenvalue weighted by Crippen LogP contribution is -2.31. The number of carbonyl (C=O) groups excluding carboxylic acids is 1. The molecule has 0 bridgehead atoms. The summed E-state index contributed by atoms with van der Waals surface area (Å²) < 4.78 is 0. The van der Waals surface area contributed by atoms with Crippen molar-refractivity contribution in [1.82, 2.24) is 15.3 Å². The lowest BCUT2D eigenvalue weighted by molar-refractivity contribution is -0.122. The van der Waals surface area contributed by atoms with Crippen molar-refractivity contribution in [2.75, 3.05) is 0 Å². The van der Waals surface area contributed by atoms with Crippen LogP contribution in [0.2, 0.25) is 0 Å². The largest absolute Gasteiger partial charge is 0.349 e. The van der Waals surface area contributed by atoms with Crippen LogP contribution in [0.5, 0.6) is 0 Å². The van der Waals surface area contributed by atoms with Crippen LogP contribution in [0.3, 0.4) is 0 Å². The molecule has 1 aromatic heterocycles. The van der Waals surface area contributed by atoms with Gasteiger partial charge in [-0.1, -0.05) is 71.0 Å². The monoisotopic (exact) mass is 419 g/mol. The number of rotatable bonds is 7. The molecule has 3 aromatic rings. The zero-order valence-electron chi connectivity index (χ0n) is 19.2. The number of nitrogens with zero attached hydrogens (tertiary/aromatic N) is 1. The number of aryl methyl sites for hydroxylation is 1. The van der Waals surface area contributed by atoms with E-state index in [1.807, 2.05) is 18.2 Å². The first kappa shape index (κ1) is 22.7. The van der Waals surface area contributed by atoms with Crippen LogP contribution in [-0.2, 0) is 16.6 Å². The highest BCUT2D eigenvalue weighted by Crippen LogP contribution is 2.27. The van der Waals surface area contributed by atoms with Gasteiger partial charge >= 0.3 is 0 Å². The Morgan fingerprint density at radius 3 is 2.39 bits per heavy atom. The van der Waals surface area contributed by atoms with Crippen molar-refractivity contribution in [3.8, 4) is 0 Å². The summed E-state index contributed by atoms with van der Waals surface area (Å²) in [7, 11) is 0. The van der Waals surface area contributed by atoms with Crippen molar-refractivity contribution in [1.29, 1.82) is 0 Å². The van der Waals surface area contributed by atoms with Gasteiger partial charge in [-0.15, -0.1) is 0 Å². The first-order chi connectivity index (χ1) is 14.6. The summed E-state index contributed by atoms with van der Waals surface area (Å²) in [6, 6.07) is 15.8. The van der Waals surface area contributed by atoms with Crippen molar-refractivity contribution >= 4 is 16.8 Å². The van der Waals surface area contributed by atoms with Crippen molar-refractivity contribution < 1.29 is 4.79 Å². The first-order valence-electron chi connectivity index (χ1n) is 11.0. The zero-order valence-corrected chi connectivity index (χ0v) is 19.2. The van der Waals surface area contributed by atoms with Crippen LogP contribution in [-0.4, -0.2) is 15.9 Å². The highest BCUT2D eigenvalue weighted by Gasteiger charge is 2.20. The summed E-state index contributed by atoms with van der Waals surface area (Å²) in [6.07, 6.45) is 1.57. The van der Waals surface area contributed by atoms with Gasteiger partial charge in [0.05, 0.1) is 16.9 Å². The standard InChI is InChI=1S/C26H33N3O2/c1-17(2)24(18-13-15-19(16-14-18)26(3,4)5)29-23(30)12-8-11-22-27-21-10-7-6-9-20(21)25(31)28-22/h6-7,9-10,13-17,24H,8,11-12H2,1-5H3,(H,29,30)(H,27,28,31). The molecule has 5 nitrogen and oxygen atoms in total. The van der Waals surface area contributed by atoms with E-state index < -0.39 is 0 Å². The predicted molar refractivity (Wildman–Crippen MR) is 126 cm³/mol. The van der Waals surface area contributed by atoms with E-state index in [-0.39, 0.29) is 28.8 Å². The Kier molecular flexibility index (Phi) is 6.94. The van der Waals surface area contributed by atoms with Gasteiger partial charge in [0.1, 0.15) is 5.82 Å². The van der Waals surface area contributed by atoms with Gasteiger partial charge in [-0.25, -0.2) is 4.98 Å². The minimum absolute atomic E-state index is 0.0155. The number of aromatic amines is 1. The van der Waals surface area contributed by atoms with Crippen LogP contribution in [0.1, 0.15) is 70.5 Å². The number of hydrogen-bond donors (Lipinski definition) is 2. The maximum absolute atomic E-state index is 12.6. The van der Waals surface area contributed by atoms with Gasteiger partial charge in [0.15, 0.2) is 0 Å². The van der Waals surface area contributed by atoms with E-state index in [1.165, 1.54) is 5.56 Å². The number of amides is 1. The molecule has 1 heterocycles. The number of hydrogen-bond acceptors (Lipinski definition) is 3. The molecule has 5 heteroatoms. The highest BCUT2D eigenvalue weighted by atomic mass is 16.1. The summed E-state index contributed by atoms with van der Waals surface area (Å²) in [5.74, 6) is 0.916. The lowest BCUT2D eigenvalue weighted by atomic mass is 9.85. The summed E-state index contributed by atoms with van der Waals surface area (Å²) in [6.45, 7) is 10.8. The Morgan fingerprint density at radius 1 is 1.06 bits per heavy atom. The number of benzene rings is 2. The molecule has 0 saturated heterocycles. The second kappa shape index (κ2) is 9.46. The van der Waals surface area contributed by atoms with Gasteiger partial charge in [0.2, 0.25) is 5.91 Å². The Labute approximate surface area is 184 Å². The molecule has 2 N–H and O–H groups in total. The molecule has 164 valence electrons. The summed E-state index contributed by atoms with van der Waals surface area (Å²) in [5, 5.41) is 3.77. The average molecular weight is 420 g/mol. The molecule has 0 radical (unpaired) electrons. The number of H-pyrrole nitrogens is 1. The number of aromatic nitrogens is 2. The molecule has 0 saturated carbocycles. The van der Waals surface area contributed by atoms with Crippen LogP contribution in [0.4, 0.5) is 0 Å². The molecule has 1 atom stereocenters. The first-order valence-corrected chi connectivity index (χ1v) is 11.0. The Morgan fingerprint density at radius 2 is 1.74 bits per heavy atom. The second-order valence-electron chi connectivity index (χ2n) is 9.54. The fourth-order valence-corrected chi connectivity index (χ4v) is 3.74. The van der Waals surface area contributed by atoms with E-state index in [0.29, 0.717) is 36.0 Å². The Bertz CT molecular complexity index is 1090. The number of nitrogens with one attached hydrogen (secondary N) is 2. The minimum atomic E-state index is -0.136. The van der Waals surface area contributed by atoms with Crippen molar-refractivity contribution in [2.24, 2.45) is 5.92 Å². The molecule has 1 unspecified atom stereocenters. The molecular weight excluding hydrogens is 386 g/mol. The minimum Gasteiger partial charge on any atom is -0.349 e. The SMILES string of the molecule is CC(C)C(NC(=O)CCCc1nc2ccccc2c(=O)[nH]1)c1ccc(C(C)(C)C)cc1. The van der Waals surface area contributed by atoms with Gasteiger partial charge < -0.3 is 10.3 Å². The van der Waals surface area contributed by atoms with Crippen LogP contribution in [0.25, 0.3) is 10.9 Å². The van der Waals surface area contributed by atoms with E-state index in [0.717, 1.165) is 5.56 Å². The summed E-state index contributed by atoms with van der Waals surface area (Å²) in [4.78, 5) is 32.1. The predicted octanol–water partition coefficient (Wildman–Crippen LogP) is 5.06. The summed E-state index contributed by atoms with van der Waals surface area (Å²) in [5.41, 5.74) is 3.05. The van der Waals surface area contributed by atoms with Crippen LogP contribution in [0.15, 0.2) is 53.3 Å². The summed E-state index contributed by atoms with van der Waals surface area (Å²) >= 11 is 0. The van der Waals surface area contributed by atoms with Gasteiger partial charge in [-0.3, -0.25) is 9.59 Å². The molecule has 3 rings (SSSR count). The second-order valence-corrected chi connectivity index (χ2v) is 9.54. The zero-order chi connectivity index (χ0) is 22.6. The smallest absolute Gasteiger partial charge is 0.258 e. The fraction of sp³-hybridized carbons (Fsp3) is 0.423. The number of para-hydroxylation sites is 1. The average Bonchev–Trinajstić information content (AvgIpc) is 2.71. The van der Waals surface area contributed by atoms with E-state index in [1.54, 1.807) is 6.07 Å². The van der Waals surface area contributed by atoms with Crippen molar-refractivity contribution in [2.45, 2.75) is 65.3 Å². The Hall–Kier alpha value is -2.95. The number of fused-ring (bicyclic) bond motifs is 1. The van der Waals surface area contributed by atoms with Crippen LogP contribution >= 0.6 is 0 Å². The quantitative estimate of drug-likeness (QED) is 0.562. The maximum atomic E-state index is 12.6. The third-order valence-corrected chi connectivity index (χ3v) is 5.60. The normalized spacial score (nSPS) is 12.8. The molecule has 0 spiro atoms. The molecule has 0 fully saturated rings. The van der Waals surface area contributed by atoms with E-state index in [4.69, 9.17) is 0 Å². The van der Waals surface area contributed by atoms with Crippen molar-refractivity contribution in [3.63, 3.8) is 0 Å². The third-order valence-electron chi connectivity index (χ3n) is 5.60. The highest BCUT2D eigenvalue weighted by molar-refractivity contribution is 5.77. The van der Waals surface area contributed by atoms with Gasteiger partial charge in [0.25, 0.3) is 5.56 Å². The van der Waals surface area contributed by atoms with E-state index in [2.05, 4.69) is 74.2 Å². The molecule has 31 heavy (non-hydrogen) atoms. The van der Waals surface area contributed by atoms with Gasteiger partial charge in [0, 0.05) is 12.8 Å². The maximum Gasteiger partial charge on any atom is 0.258 e. The Balaban J connectivity index is 1.60. The van der Waals surface area contributed by atoms with E-state index in [9.17, 15) is 9.59 Å². The van der Waals surface area contributed by atoms with Crippen LogP contribution in [0, 0.1) is 5.92 Å². The lowest BCUT2D eigenvalue weighted by Gasteiger charge is -2.25. The molecule has 0 aliphatic carbocycles. The molecular formula is C26H33N3O2.